The van der Waals surface area contributed by atoms with Gasteiger partial charge in [0.2, 0.25) is 0 Å². The number of hydrogen-bond donors (Lipinski definition) is 2. The van der Waals surface area contributed by atoms with Crippen LogP contribution in [0.1, 0.15) is 11.7 Å². The normalized spacial score (nSPS) is 21.7. The summed E-state index contributed by atoms with van der Waals surface area (Å²) in [6.45, 7) is 1.79. The Hall–Kier alpha value is -1.43. The van der Waals surface area contributed by atoms with Crippen molar-refractivity contribution in [1.29, 1.82) is 0 Å². The number of carbonyl (C=O) groups excluding carboxylic acids is 1. The highest BCUT2D eigenvalue weighted by molar-refractivity contribution is 5.82. The standard InChI is InChI=1S/C13H18N2O3/c14-8-11-9-15(6-7-18-11)13(17)12(16)10-4-2-1-3-5-10/h1-5,11-12,16H,6-9,14H2. The summed E-state index contributed by atoms with van der Waals surface area (Å²) in [7, 11) is 0. The van der Waals surface area contributed by atoms with E-state index in [1.165, 1.54) is 0 Å². The van der Waals surface area contributed by atoms with Crippen LogP contribution >= 0.6 is 0 Å². The summed E-state index contributed by atoms with van der Waals surface area (Å²) in [5, 5.41) is 10.0. The molecule has 2 atom stereocenters. The van der Waals surface area contributed by atoms with Gasteiger partial charge in [-0.2, -0.15) is 0 Å². The van der Waals surface area contributed by atoms with Crippen LogP contribution in [0.5, 0.6) is 0 Å². The van der Waals surface area contributed by atoms with E-state index in [0.717, 1.165) is 0 Å². The van der Waals surface area contributed by atoms with Crippen molar-refractivity contribution in [3.05, 3.63) is 35.9 Å². The first-order valence-corrected chi connectivity index (χ1v) is 6.06. The van der Waals surface area contributed by atoms with E-state index in [1.807, 2.05) is 6.07 Å². The van der Waals surface area contributed by atoms with Crippen LogP contribution in [-0.4, -0.2) is 48.3 Å². The molecule has 0 saturated carbocycles. The maximum atomic E-state index is 12.1. The summed E-state index contributed by atoms with van der Waals surface area (Å²) in [5.74, 6) is -0.289. The van der Waals surface area contributed by atoms with Gasteiger partial charge in [0.05, 0.1) is 12.7 Å². The van der Waals surface area contributed by atoms with Gasteiger partial charge in [0.1, 0.15) is 0 Å². The number of hydrogen-bond acceptors (Lipinski definition) is 4. The highest BCUT2D eigenvalue weighted by Crippen LogP contribution is 2.17. The number of nitrogens with zero attached hydrogens (tertiary/aromatic N) is 1. The van der Waals surface area contributed by atoms with Gasteiger partial charge in [-0.05, 0) is 5.56 Å². The molecule has 0 spiro atoms. The number of nitrogens with two attached hydrogens (primary N) is 1. The summed E-state index contributed by atoms with van der Waals surface area (Å²) in [5.41, 5.74) is 6.14. The van der Waals surface area contributed by atoms with Crippen molar-refractivity contribution in [2.75, 3.05) is 26.2 Å². The van der Waals surface area contributed by atoms with Gasteiger partial charge in [-0.25, -0.2) is 0 Å². The predicted molar refractivity (Wildman–Crippen MR) is 66.8 cm³/mol. The summed E-state index contributed by atoms with van der Waals surface area (Å²) >= 11 is 0. The first-order valence-electron chi connectivity index (χ1n) is 6.06. The van der Waals surface area contributed by atoms with Gasteiger partial charge in [-0.15, -0.1) is 0 Å². The minimum absolute atomic E-state index is 0.134. The number of ether oxygens (including phenoxy) is 1. The highest BCUT2D eigenvalue weighted by Gasteiger charge is 2.28. The van der Waals surface area contributed by atoms with Crippen molar-refractivity contribution < 1.29 is 14.6 Å². The molecular formula is C13H18N2O3. The maximum absolute atomic E-state index is 12.1. The molecule has 18 heavy (non-hydrogen) atoms. The average Bonchev–Trinajstić information content (AvgIpc) is 2.46. The Labute approximate surface area is 106 Å². The van der Waals surface area contributed by atoms with Crippen LogP contribution in [0.2, 0.25) is 0 Å². The summed E-state index contributed by atoms with van der Waals surface area (Å²) in [6.07, 6.45) is -1.24. The van der Waals surface area contributed by atoms with E-state index in [9.17, 15) is 9.90 Å². The smallest absolute Gasteiger partial charge is 0.256 e. The molecule has 2 rings (SSSR count). The highest BCUT2D eigenvalue weighted by atomic mass is 16.5. The third-order valence-electron chi connectivity index (χ3n) is 3.06. The molecule has 1 aliphatic heterocycles. The Balaban J connectivity index is 2.02. The molecule has 2 unspecified atom stereocenters. The Morgan fingerprint density at radius 2 is 2.22 bits per heavy atom. The topological polar surface area (TPSA) is 75.8 Å². The van der Waals surface area contributed by atoms with E-state index in [0.29, 0.717) is 31.8 Å². The summed E-state index contributed by atoms with van der Waals surface area (Å²) in [4.78, 5) is 13.7. The van der Waals surface area contributed by atoms with Crippen LogP contribution in [0.25, 0.3) is 0 Å². The zero-order chi connectivity index (χ0) is 13.0. The zero-order valence-electron chi connectivity index (χ0n) is 10.2. The van der Waals surface area contributed by atoms with Crippen LogP contribution in [-0.2, 0) is 9.53 Å². The second kappa shape index (κ2) is 5.95. The van der Waals surface area contributed by atoms with Gasteiger partial charge >= 0.3 is 0 Å². The van der Waals surface area contributed by atoms with Crippen LogP contribution in [0.4, 0.5) is 0 Å². The molecular weight excluding hydrogens is 232 g/mol. The van der Waals surface area contributed by atoms with E-state index >= 15 is 0 Å². The van der Waals surface area contributed by atoms with E-state index < -0.39 is 6.10 Å². The first kappa shape index (κ1) is 13.0. The lowest BCUT2D eigenvalue weighted by Gasteiger charge is -2.33. The summed E-state index contributed by atoms with van der Waals surface area (Å²) in [6, 6.07) is 8.93. The Kier molecular flexibility index (Phi) is 4.30. The van der Waals surface area contributed by atoms with Crippen molar-refractivity contribution in [2.24, 2.45) is 5.73 Å². The third-order valence-corrected chi connectivity index (χ3v) is 3.06. The monoisotopic (exact) mass is 250 g/mol. The zero-order valence-corrected chi connectivity index (χ0v) is 10.2. The number of morpholine rings is 1. The molecule has 1 heterocycles. The number of aliphatic hydroxyl groups excluding tert-OH is 1. The van der Waals surface area contributed by atoms with Gasteiger partial charge in [0.25, 0.3) is 5.91 Å². The third kappa shape index (κ3) is 2.87. The van der Waals surface area contributed by atoms with Gasteiger partial charge in [0.15, 0.2) is 6.10 Å². The molecule has 1 fully saturated rings. The van der Waals surface area contributed by atoms with E-state index in [1.54, 1.807) is 29.2 Å². The summed E-state index contributed by atoms with van der Waals surface area (Å²) < 4.78 is 5.39. The SMILES string of the molecule is NCC1CN(C(=O)C(O)c2ccccc2)CCO1. The van der Waals surface area contributed by atoms with E-state index in [-0.39, 0.29) is 12.0 Å². The maximum Gasteiger partial charge on any atom is 0.256 e. The van der Waals surface area contributed by atoms with Crippen molar-refractivity contribution in [2.45, 2.75) is 12.2 Å². The average molecular weight is 250 g/mol. The predicted octanol–water partition coefficient (Wildman–Crippen LogP) is -0.0939. The van der Waals surface area contributed by atoms with Crippen molar-refractivity contribution in [1.82, 2.24) is 4.90 Å². The number of carbonyl (C=O) groups is 1. The van der Waals surface area contributed by atoms with Crippen LogP contribution in [0, 0.1) is 0 Å². The fraction of sp³-hybridized carbons (Fsp3) is 0.462. The van der Waals surface area contributed by atoms with Gasteiger partial charge in [-0.3, -0.25) is 4.79 Å². The molecule has 1 aromatic carbocycles. The first-order chi connectivity index (χ1) is 8.72. The second-order valence-corrected chi connectivity index (χ2v) is 4.33. The lowest BCUT2D eigenvalue weighted by Crippen LogP contribution is -2.49. The quantitative estimate of drug-likeness (QED) is 0.786. The molecule has 0 aromatic heterocycles. The minimum atomic E-state index is -1.11. The van der Waals surface area contributed by atoms with E-state index in [4.69, 9.17) is 10.5 Å². The number of benzene rings is 1. The van der Waals surface area contributed by atoms with Gasteiger partial charge < -0.3 is 20.5 Å². The van der Waals surface area contributed by atoms with Crippen LogP contribution in [0.15, 0.2) is 30.3 Å². The molecule has 1 aromatic rings. The lowest BCUT2D eigenvalue weighted by molar-refractivity contribution is -0.147. The van der Waals surface area contributed by atoms with Crippen molar-refractivity contribution in [3.8, 4) is 0 Å². The molecule has 3 N–H and O–H groups in total. The van der Waals surface area contributed by atoms with Crippen molar-refractivity contribution >= 4 is 5.91 Å². The van der Waals surface area contributed by atoms with Gasteiger partial charge in [-0.1, -0.05) is 30.3 Å². The molecule has 0 radical (unpaired) electrons. The van der Waals surface area contributed by atoms with Crippen LogP contribution < -0.4 is 5.73 Å². The van der Waals surface area contributed by atoms with Crippen LogP contribution in [0.3, 0.4) is 0 Å². The molecule has 0 aliphatic carbocycles. The fourth-order valence-corrected chi connectivity index (χ4v) is 2.01. The fourth-order valence-electron chi connectivity index (χ4n) is 2.01. The number of amides is 1. The minimum Gasteiger partial charge on any atom is -0.378 e. The van der Waals surface area contributed by atoms with E-state index in [2.05, 4.69) is 0 Å². The molecule has 0 bridgehead atoms. The Morgan fingerprint density at radius 1 is 1.50 bits per heavy atom. The Bertz CT molecular complexity index is 396. The second-order valence-electron chi connectivity index (χ2n) is 4.33. The number of aliphatic hydroxyl groups is 1. The molecule has 1 aliphatic rings. The Morgan fingerprint density at radius 3 is 2.89 bits per heavy atom. The molecule has 98 valence electrons. The largest absolute Gasteiger partial charge is 0.378 e. The number of rotatable bonds is 3. The molecule has 1 amide bonds. The molecule has 1 saturated heterocycles. The van der Waals surface area contributed by atoms with Gasteiger partial charge in [0, 0.05) is 19.6 Å². The molecule has 5 nitrogen and oxygen atoms in total. The molecule has 5 heteroatoms. The van der Waals surface area contributed by atoms with Crippen molar-refractivity contribution in [3.63, 3.8) is 0 Å². The lowest BCUT2D eigenvalue weighted by atomic mass is 10.1.